The maximum atomic E-state index is 2.72. The van der Waals surface area contributed by atoms with Gasteiger partial charge in [0, 0.05) is 20.2 Å². The summed E-state index contributed by atoms with van der Waals surface area (Å²) in [6.07, 6.45) is 1.21. The van der Waals surface area contributed by atoms with Crippen LogP contribution in [0.25, 0.3) is 0 Å². The molecular weight excluding hydrogens is 500 g/mol. The number of hydrogen-bond donors (Lipinski definition) is 0. The van der Waals surface area contributed by atoms with Crippen molar-refractivity contribution >= 4 is 13.6 Å². The predicted octanol–water partition coefficient (Wildman–Crippen LogP) is 9.62. The van der Waals surface area contributed by atoms with Gasteiger partial charge in [-0.2, -0.15) is 0 Å². The molecule has 1 unspecified atom stereocenters. The largest absolute Gasteiger partial charge is 2.00 e. The monoisotopic (exact) mass is 547 g/mol. The summed E-state index contributed by atoms with van der Waals surface area (Å²) in [4.78, 5) is 2.72. The third-order valence-corrected chi connectivity index (χ3v) is 11.3. The topological polar surface area (TPSA) is 3.24 Å². The van der Waals surface area contributed by atoms with Crippen molar-refractivity contribution in [2.45, 2.75) is 85.2 Å². The predicted molar refractivity (Wildman–Crippen MR) is 162 cm³/mol. The summed E-state index contributed by atoms with van der Waals surface area (Å²) in [5.74, 6) is 0. The zero-order valence-electron chi connectivity index (χ0n) is 24.2. The molecule has 0 aliphatic heterocycles. The third-order valence-electron chi connectivity index (χ3n) is 6.89. The van der Waals surface area contributed by atoms with E-state index in [0.717, 1.165) is 6.54 Å². The molecule has 3 heteroatoms. The van der Waals surface area contributed by atoms with E-state index >= 15 is 0 Å². The fourth-order valence-corrected chi connectivity index (χ4v) is 10.1. The van der Waals surface area contributed by atoms with Crippen LogP contribution in [0.1, 0.15) is 75.4 Å². The minimum atomic E-state index is -0.739. The van der Waals surface area contributed by atoms with Crippen LogP contribution in [0.5, 0.6) is 0 Å². The Morgan fingerprint density at radius 2 is 1.17 bits per heavy atom. The van der Waals surface area contributed by atoms with Crippen LogP contribution in [0.15, 0.2) is 72.8 Å². The Balaban J connectivity index is 0.00000324. The molecule has 0 aromatic heterocycles. The van der Waals surface area contributed by atoms with E-state index < -0.39 is 7.92 Å². The van der Waals surface area contributed by atoms with E-state index in [2.05, 4.69) is 140 Å². The molecule has 0 N–H and O–H groups in total. The minimum absolute atomic E-state index is 0. The van der Waals surface area contributed by atoms with Crippen molar-refractivity contribution in [3.05, 3.63) is 108 Å². The molecule has 1 atom stereocenters. The fourth-order valence-electron chi connectivity index (χ4n) is 5.76. The number of rotatable bonds is 7. The number of benzene rings is 3. The van der Waals surface area contributed by atoms with Crippen molar-refractivity contribution in [3.8, 4) is 0 Å². The Hall–Kier alpha value is -1.62. The van der Waals surface area contributed by atoms with E-state index in [1.54, 1.807) is 0 Å². The molecule has 0 aliphatic carbocycles. The first-order chi connectivity index (χ1) is 15.9. The summed E-state index contributed by atoms with van der Waals surface area (Å²) in [7, 11) is -0.739. The molecule has 0 saturated carbocycles. The molecular formula is C33H48NNiP+2. The number of hydrogen-bond acceptors (Lipinski definition) is 1. The van der Waals surface area contributed by atoms with Gasteiger partial charge in [0.1, 0.15) is 0 Å². The fraction of sp³-hybridized carbons (Fsp3) is 0.424. The summed E-state index contributed by atoms with van der Waals surface area (Å²) >= 11 is 0. The van der Waals surface area contributed by atoms with Crippen molar-refractivity contribution in [1.29, 1.82) is 0 Å². The smallest absolute Gasteiger partial charge is 0.358 e. The molecule has 0 spiro atoms. The van der Waals surface area contributed by atoms with Crippen molar-refractivity contribution in [1.82, 2.24) is 0 Å². The first kappa shape index (κ1) is 32.4. The van der Waals surface area contributed by atoms with Gasteiger partial charge in [-0.25, -0.2) is 0 Å². The van der Waals surface area contributed by atoms with Crippen LogP contribution in [-0.4, -0.2) is 16.5 Å². The van der Waals surface area contributed by atoms with Crippen molar-refractivity contribution in [3.63, 3.8) is 0 Å². The van der Waals surface area contributed by atoms with Gasteiger partial charge in [-0.1, -0.05) is 78.4 Å². The SMILES string of the molecule is Cc1cc(C)c(N(Cc2ccccc2)C(C[PH+](C(C)(C)C)C(C)(C)C)c2ccccc2)c(C)c1.[CH3-].[Ni+2]. The van der Waals surface area contributed by atoms with Crippen LogP contribution < -0.4 is 4.90 Å². The standard InChI is InChI=1S/C32H44NP.CH3.Ni/c1-24-20-25(2)30(26(3)21-24)33(22-27-16-12-10-13-17-27)29(28-18-14-11-15-19-28)23-34(31(4,5)6)32(7,8)9;;/h10-21,29H,22-23H2,1-9H3;1H3;/q;-1;+2/p+1. The first-order valence-electron chi connectivity index (χ1n) is 12.7. The molecule has 0 radical (unpaired) electrons. The van der Waals surface area contributed by atoms with Gasteiger partial charge in [-0.05, 0) is 84.6 Å². The second-order valence-corrected chi connectivity index (χ2v) is 16.3. The number of nitrogens with zero attached hydrogens (tertiary/aromatic N) is 1. The Morgan fingerprint density at radius 1 is 0.722 bits per heavy atom. The zero-order valence-corrected chi connectivity index (χ0v) is 26.2. The van der Waals surface area contributed by atoms with Gasteiger partial charge in [-0.3, -0.25) is 0 Å². The van der Waals surface area contributed by atoms with Gasteiger partial charge in [0.2, 0.25) is 0 Å². The van der Waals surface area contributed by atoms with Crippen LogP contribution in [0.3, 0.4) is 0 Å². The molecule has 0 fully saturated rings. The molecule has 3 aromatic carbocycles. The Labute approximate surface area is 233 Å². The summed E-state index contributed by atoms with van der Waals surface area (Å²) in [5.41, 5.74) is 8.26. The van der Waals surface area contributed by atoms with Gasteiger partial charge in [-0.15, -0.1) is 0 Å². The molecule has 0 bridgehead atoms. The van der Waals surface area contributed by atoms with Gasteiger partial charge in [0.05, 0.1) is 22.5 Å². The molecule has 198 valence electrons. The van der Waals surface area contributed by atoms with Crippen LogP contribution >= 0.6 is 7.92 Å². The molecule has 0 heterocycles. The zero-order chi connectivity index (χ0) is 25.1. The second kappa shape index (κ2) is 13.3. The van der Waals surface area contributed by atoms with E-state index in [1.807, 2.05) is 0 Å². The molecule has 3 aromatic rings. The van der Waals surface area contributed by atoms with E-state index in [0.29, 0.717) is 16.4 Å². The summed E-state index contributed by atoms with van der Waals surface area (Å²) in [6, 6.07) is 27.3. The van der Waals surface area contributed by atoms with Gasteiger partial charge < -0.3 is 12.3 Å². The van der Waals surface area contributed by atoms with Gasteiger partial charge in [0.25, 0.3) is 0 Å². The molecule has 0 saturated heterocycles. The molecule has 36 heavy (non-hydrogen) atoms. The van der Waals surface area contributed by atoms with E-state index in [9.17, 15) is 0 Å². The van der Waals surface area contributed by atoms with Crippen molar-refractivity contribution < 1.29 is 16.5 Å². The Morgan fingerprint density at radius 3 is 1.61 bits per heavy atom. The number of aryl methyl sites for hydroxylation is 3. The maximum absolute atomic E-state index is 2.72. The average Bonchev–Trinajstić information content (AvgIpc) is 2.72. The number of anilines is 1. The third kappa shape index (κ3) is 8.20. The summed E-state index contributed by atoms with van der Waals surface area (Å²) in [5, 5.41) is 0.622. The van der Waals surface area contributed by atoms with Gasteiger partial charge >= 0.3 is 16.5 Å². The van der Waals surface area contributed by atoms with Crippen LogP contribution in [0.4, 0.5) is 5.69 Å². The maximum Gasteiger partial charge on any atom is 2.00 e. The minimum Gasteiger partial charge on any atom is -0.358 e. The van der Waals surface area contributed by atoms with E-state index in [4.69, 9.17) is 0 Å². The van der Waals surface area contributed by atoms with E-state index in [1.165, 1.54) is 39.7 Å². The van der Waals surface area contributed by atoms with Crippen molar-refractivity contribution in [2.24, 2.45) is 0 Å². The quantitative estimate of drug-likeness (QED) is 0.161. The molecule has 1 nitrogen and oxygen atoms in total. The van der Waals surface area contributed by atoms with Crippen molar-refractivity contribution in [2.75, 3.05) is 11.1 Å². The average molecular weight is 548 g/mol. The van der Waals surface area contributed by atoms with Crippen LogP contribution in [-0.2, 0) is 23.0 Å². The second-order valence-electron chi connectivity index (χ2n) is 12.0. The van der Waals surface area contributed by atoms with Crippen LogP contribution in [0.2, 0.25) is 0 Å². The molecule has 0 aliphatic rings. The first-order valence-corrected chi connectivity index (χ1v) is 14.4. The Kier molecular flexibility index (Phi) is 11.9. The molecule has 3 rings (SSSR count). The van der Waals surface area contributed by atoms with Gasteiger partial charge in [0.15, 0.2) is 0 Å². The summed E-state index contributed by atoms with van der Waals surface area (Å²) < 4.78 is 0. The van der Waals surface area contributed by atoms with Crippen LogP contribution in [0, 0.1) is 28.2 Å². The summed E-state index contributed by atoms with van der Waals surface area (Å²) in [6.45, 7) is 22.4. The van der Waals surface area contributed by atoms with E-state index in [-0.39, 0.29) is 23.9 Å². The Bertz CT molecular complexity index is 1030. The molecule has 0 amide bonds. The normalized spacial score (nSPS) is 12.5.